The van der Waals surface area contributed by atoms with Crippen molar-refractivity contribution in [1.82, 2.24) is 9.78 Å². The molecule has 4 rings (SSSR count). The molecule has 0 saturated carbocycles. The Bertz CT molecular complexity index is 1330. The van der Waals surface area contributed by atoms with Crippen molar-refractivity contribution in [3.05, 3.63) is 113 Å². The second kappa shape index (κ2) is 8.74. The molecule has 0 saturated heterocycles. The van der Waals surface area contributed by atoms with Crippen molar-refractivity contribution >= 4 is 17.4 Å². The first-order chi connectivity index (χ1) is 15.7. The molecule has 0 atom stereocenters. The Hall–Kier alpha value is -4.20. The van der Waals surface area contributed by atoms with Gasteiger partial charge < -0.3 is 5.32 Å². The van der Waals surface area contributed by atoms with Gasteiger partial charge in [-0.2, -0.15) is 18.3 Å². The zero-order valence-corrected chi connectivity index (χ0v) is 17.4. The van der Waals surface area contributed by atoms with E-state index in [1.807, 2.05) is 6.07 Å². The SMILES string of the molecule is Cc1cc(C(=O)Nc2cccc(C(=O)c3ccccc3)c2)nn1-c1cccc(C(F)(F)F)c1. The normalized spacial score (nSPS) is 11.3. The minimum atomic E-state index is -4.49. The smallest absolute Gasteiger partial charge is 0.321 e. The summed E-state index contributed by atoms with van der Waals surface area (Å²) in [4.78, 5) is 25.4. The van der Waals surface area contributed by atoms with E-state index in [-0.39, 0.29) is 17.2 Å². The lowest BCUT2D eigenvalue weighted by Crippen LogP contribution is -2.14. The van der Waals surface area contributed by atoms with Crippen LogP contribution in [0.25, 0.3) is 5.69 Å². The molecule has 3 aromatic carbocycles. The molecular weight excluding hydrogens is 431 g/mol. The highest BCUT2D eigenvalue weighted by atomic mass is 19.4. The Labute approximate surface area is 187 Å². The zero-order chi connectivity index (χ0) is 23.6. The predicted molar refractivity (Wildman–Crippen MR) is 118 cm³/mol. The summed E-state index contributed by atoms with van der Waals surface area (Å²) in [5.74, 6) is -0.732. The number of nitrogens with zero attached hydrogens (tertiary/aromatic N) is 2. The van der Waals surface area contributed by atoms with Crippen LogP contribution in [-0.4, -0.2) is 21.5 Å². The van der Waals surface area contributed by atoms with Crippen molar-refractivity contribution in [2.45, 2.75) is 13.1 Å². The number of aromatic nitrogens is 2. The van der Waals surface area contributed by atoms with Gasteiger partial charge in [0, 0.05) is 22.5 Å². The molecule has 0 aliphatic rings. The van der Waals surface area contributed by atoms with Crippen molar-refractivity contribution in [2.24, 2.45) is 0 Å². The topological polar surface area (TPSA) is 64.0 Å². The fourth-order valence-electron chi connectivity index (χ4n) is 3.35. The molecule has 0 bridgehead atoms. The Morgan fingerprint density at radius 1 is 0.848 bits per heavy atom. The van der Waals surface area contributed by atoms with Crippen LogP contribution in [0.5, 0.6) is 0 Å². The van der Waals surface area contributed by atoms with Gasteiger partial charge >= 0.3 is 6.18 Å². The lowest BCUT2D eigenvalue weighted by molar-refractivity contribution is -0.137. The van der Waals surface area contributed by atoms with Crippen LogP contribution in [0.1, 0.15) is 37.7 Å². The average molecular weight is 449 g/mol. The number of aryl methyl sites for hydroxylation is 1. The van der Waals surface area contributed by atoms with Gasteiger partial charge in [0.1, 0.15) is 0 Å². The van der Waals surface area contributed by atoms with E-state index in [2.05, 4.69) is 10.4 Å². The van der Waals surface area contributed by atoms with Gasteiger partial charge in [-0.1, -0.05) is 48.5 Å². The number of alkyl halides is 3. The fraction of sp³-hybridized carbons (Fsp3) is 0.0800. The average Bonchev–Trinajstić information content (AvgIpc) is 3.21. The van der Waals surface area contributed by atoms with E-state index >= 15 is 0 Å². The quantitative estimate of drug-likeness (QED) is 0.399. The van der Waals surface area contributed by atoms with Gasteiger partial charge in [-0.05, 0) is 43.3 Å². The first kappa shape index (κ1) is 22.0. The summed E-state index contributed by atoms with van der Waals surface area (Å²) in [6, 6.07) is 21.4. The summed E-state index contributed by atoms with van der Waals surface area (Å²) >= 11 is 0. The monoisotopic (exact) mass is 449 g/mol. The van der Waals surface area contributed by atoms with Crippen molar-refractivity contribution in [1.29, 1.82) is 0 Å². The molecule has 1 N–H and O–H groups in total. The minimum absolute atomic E-state index is 0.0321. The summed E-state index contributed by atoms with van der Waals surface area (Å²) in [5, 5.41) is 6.86. The number of carbonyl (C=O) groups excluding carboxylic acids is 2. The fourth-order valence-corrected chi connectivity index (χ4v) is 3.35. The van der Waals surface area contributed by atoms with Crippen molar-refractivity contribution in [3.63, 3.8) is 0 Å². The highest BCUT2D eigenvalue weighted by molar-refractivity contribution is 6.10. The summed E-state index contributed by atoms with van der Waals surface area (Å²) < 4.78 is 40.4. The first-order valence-electron chi connectivity index (χ1n) is 9.98. The van der Waals surface area contributed by atoms with Crippen LogP contribution in [0, 0.1) is 6.92 Å². The highest BCUT2D eigenvalue weighted by Crippen LogP contribution is 2.30. The summed E-state index contributed by atoms with van der Waals surface area (Å²) in [6.07, 6.45) is -4.49. The molecule has 0 fully saturated rings. The lowest BCUT2D eigenvalue weighted by atomic mass is 10.0. The minimum Gasteiger partial charge on any atom is -0.321 e. The van der Waals surface area contributed by atoms with Gasteiger partial charge in [0.05, 0.1) is 11.3 Å². The third kappa shape index (κ3) is 4.85. The van der Waals surface area contributed by atoms with E-state index in [1.54, 1.807) is 55.5 Å². The molecule has 1 aromatic heterocycles. The van der Waals surface area contributed by atoms with Gasteiger partial charge in [-0.3, -0.25) is 9.59 Å². The number of nitrogens with one attached hydrogen (secondary N) is 1. The number of anilines is 1. The Kier molecular flexibility index (Phi) is 5.83. The maximum Gasteiger partial charge on any atom is 0.416 e. The van der Waals surface area contributed by atoms with Crippen LogP contribution in [0.4, 0.5) is 18.9 Å². The number of hydrogen-bond donors (Lipinski definition) is 1. The standard InChI is InChI=1S/C25H18F3N3O2/c1-16-13-22(30-31(16)21-12-6-10-19(15-21)25(26,27)28)24(33)29-20-11-5-9-18(14-20)23(32)17-7-3-2-4-8-17/h2-15H,1H3,(H,29,33). The van der Waals surface area contributed by atoms with E-state index < -0.39 is 17.6 Å². The largest absolute Gasteiger partial charge is 0.416 e. The molecule has 1 heterocycles. The number of halogens is 3. The van der Waals surface area contributed by atoms with Crippen LogP contribution < -0.4 is 5.32 Å². The molecule has 33 heavy (non-hydrogen) atoms. The maximum absolute atomic E-state index is 13.0. The number of hydrogen-bond acceptors (Lipinski definition) is 3. The summed E-state index contributed by atoms with van der Waals surface area (Å²) in [7, 11) is 0. The number of rotatable bonds is 5. The van der Waals surface area contributed by atoms with Crippen LogP contribution in [0.3, 0.4) is 0 Å². The molecule has 8 heteroatoms. The molecular formula is C25H18F3N3O2. The van der Waals surface area contributed by atoms with Gasteiger partial charge in [0.15, 0.2) is 11.5 Å². The molecule has 166 valence electrons. The molecule has 0 aliphatic carbocycles. The Morgan fingerprint density at radius 3 is 2.27 bits per heavy atom. The van der Waals surface area contributed by atoms with E-state index in [4.69, 9.17) is 0 Å². The van der Waals surface area contributed by atoms with Crippen LogP contribution in [0.15, 0.2) is 84.9 Å². The van der Waals surface area contributed by atoms with E-state index in [9.17, 15) is 22.8 Å². The van der Waals surface area contributed by atoms with Crippen LogP contribution >= 0.6 is 0 Å². The lowest BCUT2D eigenvalue weighted by Gasteiger charge is -2.09. The van der Waals surface area contributed by atoms with Crippen molar-refractivity contribution in [3.8, 4) is 5.69 Å². The molecule has 0 spiro atoms. The number of amides is 1. The molecule has 4 aromatic rings. The number of benzene rings is 3. The second-order valence-electron chi connectivity index (χ2n) is 7.36. The van der Waals surface area contributed by atoms with Crippen molar-refractivity contribution in [2.75, 3.05) is 5.32 Å². The van der Waals surface area contributed by atoms with Gasteiger partial charge in [-0.25, -0.2) is 4.68 Å². The van der Waals surface area contributed by atoms with E-state index in [0.717, 1.165) is 12.1 Å². The predicted octanol–water partition coefficient (Wildman–Crippen LogP) is 5.68. The summed E-state index contributed by atoms with van der Waals surface area (Å²) in [5.41, 5.74) is 1.24. The van der Waals surface area contributed by atoms with Crippen LogP contribution in [0.2, 0.25) is 0 Å². The summed E-state index contributed by atoms with van der Waals surface area (Å²) in [6.45, 7) is 1.64. The molecule has 0 unspecified atom stereocenters. The molecule has 1 amide bonds. The van der Waals surface area contributed by atoms with Gasteiger partial charge in [-0.15, -0.1) is 0 Å². The first-order valence-corrected chi connectivity index (χ1v) is 9.98. The number of carbonyl (C=O) groups is 2. The molecule has 0 aliphatic heterocycles. The Balaban J connectivity index is 1.56. The zero-order valence-electron chi connectivity index (χ0n) is 17.4. The van der Waals surface area contributed by atoms with Gasteiger partial charge in [0.2, 0.25) is 0 Å². The van der Waals surface area contributed by atoms with E-state index in [0.29, 0.717) is 22.5 Å². The highest BCUT2D eigenvalue weighted by Gasteiger charge is 2.30. The van der Waals surface area contributed by atoms with Crippen LogP contribution in [-0.2, 0) is 6.18 Å². The van der Waals surface area contributed by atoms with E-state index in [1.165, 1.54) is 22.9 Å². The third-order valence-electron chi connectivity index (χ3n) is 4.96. The molecule has 0 radical (unpaired) electrons. The third-order valence-corrected chi connectivity index (χ3v) is 4.96. The molecule has 5 nitrogen and oxygen atoms in total. The van der Waals surface area contributed by atoms with Gasteiger partial charge in [0.25, 0.3) is 5.91 Å². The second-order valence-corrected chi connectivity index (χ2v) is 7.36. The maximum atomic E-state index is 13.0. The number of ketones is 1. The Morgan fingerprint density at radius 2 is 1.55 bits per heavy atom. The van der Waals surface area contributed by atoms with Crippen molar-refractivity contribution < 1.29 is 22.8 Å².